The van der Waals surface area contributed by atoms with E-state index < -0.39 is 0 Å². The molecule has 0 fully saturated rings. The van der Waals surface area contributed by atoms with Gasteiger partial charge in [0.25, 0.3) is 0 Å². The average molecular weight is 228 g/mol. The van der Waals surface area contributed by atoms with Gasteiger partial charge in [-0.15, -0.1) is 0 Å². The van der Waals surface area contributed by atoms with Gasteiger partial charge in [-0.2, -0.15) is 5.10 Å². The highest BCUT2D eigenvalue weighted by molar-refractivity contribution is 5.33. The second-order valence-corrected chi connectivity index (χ2v) is 4.55. The van der Waals surface area contributed by atoms with Crippen molar-refractivity contribution >= 4 is 0 Å². The van der Waals surface area contributed by atoms with Crippen LogP contribution >= 0.6 is 0 Å². The van der Waals surface area contributed by atoms with Crippen LogP contribution in [0.25, 0.3) is 0 Å². The van der Waals surface area contributed by atoms with Crippen molar-refractivity contribution in [2.24, 2.45) is 7.05 Å². The van der Waals surface area contributed by atoms with Crippen LogP contribution in [0.5, 0.6) is 0 Å². The van der Waals surface area contributed by atoms with Crippen molar-refractivity contribution in [2.75, 3.05) is 0 Å². The quantitative estimate of drug-likeness (QED) is 0.854. The van der Waals surface area contributed by atoms with E-state index in [-0.39, 0.29) is 0 Å². The lowest BCUT2D eigenvalue weighted by Crippen LogP contribution is -2.30. The minimum Gasteiger partial charge on any atom is -0.306 e. The third-order valence-electron chi connectivity index (χ3n) is 3.41. The van der Waals surface area contributed by atoms with E-state index in [9.17, 15) is 0 Å². The zero-order chi connectivity index (χ0) is 11.7. The third-order valence-corrected chi connectivity index (χ3v) is 3.41. The van der Waals surface area contributed by atoms with Gasteiger partial charge in [-0.05, 0) is 24.0 Å². The molecule has 3 rings (SSSR count). The maximum atomic E-state index is 4.22. The van der Waals surface area contributed by atoms with Crippen LogP contribution in [0.1, 0.15) is 17.0 Å². The van der Waals surface area contributed by atoms with Crippen LogP contribution in [-0.4, -0.2) is 20.8 Å². The molecule has 4 heteroatoms. The van der Waals surface area contributed by atoms with Crippen molar-refractivity contribution in [1.82, 2.24) is 20.1 Å². The first-order valence-electron chi connectivity index (χ1n) is 5.96. The van der Waals surface area contributed by atoms with E-state index in [2.05, 4.69) is 39.7 Å². The summed E-state index contributed by atoms with van der Waals surface area (Å²) in [7, 11) is 1.92. The summed E-state index contributed by atoms with van der Waals surface area (Å²) in [6.07, 6.45) is 3.84. The molecule has 0 saturated carbocycles. The van der Waals surface area contributed by atoms with Crippen LogP contribution in [0.15, 0.2) is 30.6 Å². The summed E-state index contributed by atoms with van der Waals surface area (Å²) in [6.45, 7) is 0.787. The van der Waals surface area contributed by atoms with Gasteiger partial charge in [0, 0.05) is 13.1 Å². The molecule has 1 aromatic heterocycles. The first-order chi connectivity index (χ1) is 8.33. The summed E-state index contributed by atoms with van der Waals surface area (Å²) in [4.78, 5) is 4.22. The fourth-order valence-electron chi connectivity index (χ4n) is 2.42. The Labute approximate surface area is 101 Å². The molecule has 0 spiro atoms. The Morgan fingerprint density at radius 1 is 1.29 bits per heavy atom. The number of aromatic nitrogens is 3. The summed E-state index contributed by atoms with van der Waals surface area (Å²) >= 11 is 0. The lowest BCUT2D eigenvalue weighted by atomic mass is 10.1. The van der Waals surface area contributed by atoms with Gasteiger partial charge >= 0.3 is 0 Å². The van der Waals surface area contributed by atoms with Crippen molar-refractivity contribution < 1.29 is 0 Å². The van der Waals surface area contributed by atoms with Gasteiger partial charge in [0.2, 0.25) is 0 Å². The first kappa shape index (κ1) is 10.5. The fraction of sp³-hybridized carbons (Fsp3) is 0.385. The number of hydrogen-bond donors (Lipinski definition) is 1. The lowest BCUT2D eigenvalue weighted by Gasteiger charge is -2.10. The molecule has 1 N–H and O–H groups in total. The summed E-state index contributed by atoms with van der Waals surface area (Å²) in [5.74, 6) is 0.987. The van der Waals surface area contributed by atoms with E-state index in [4.69, 9.17) is 0 Å². The Morgan fingerprint density at radius 2 is 2.00 bits per heavy atom. The van der Waals surface area contributed by atoms with Gasteiger partial charge in [0.1, 0.15) is 12.2 Å². The summed E-state index contributed by atoms with van der Waals surface area (Å²) in [5.41, 5.74) is 2.95. The predicted molar refractivity (Wildman–Crippen MR) is 65.5 cm³/mol. The number of rotatable bonds is 3. The molecule has 1 heterocycles. The van der Waals surface area contributed by atoms with Gasteiger partial charge < -0.3 is 5.32 Å². The molecule has 0 amide bonds. The maximum absolute atomic E-state index is 4.22. The molecule has 4 nitrogen and oxygen atoms in total. The summed E-state index contributed by atoms with van der Waals surface area (Å²) in [6, 6.07) is 9.20. The molecule has 1 aliphatic rings. The summed E-state index contributed by atoms with van der Waals surface area (Å²) < 4.78 is 1.81. The smallest absolute Gasteiger partial charge is 0.140 e. The number of benzene rings is 1. The molecule has 0 unspecified atom stereocenters. The van der Waals surface area contributed by atoms with Crippen molar-refractivity contribution in [2.45, 2.75) is 25.4 Å². The predicted octanol–water partition coefficient (Wildman–Crippen LogP) is 1.07. The Bertz CT molecular complexity index is 493. The van der Waals surface area contributed by atoms with Gasteiger partial charge in [-0.25, -0.2) is 4.98 Å². The minimum absolute atomic E-state index is 0.532. The van der Waals surface area contributed by atoms with Crippen molar-refractivity contribution in [3.8, 4) is 0 Å². The zero-order valence-corrected chi connectivity index (χ0v) is 9.93. The maximum Gasteiger partial charge on any atom is 0.140 e. The standard InChI is InChI=1S/C13H16N4/c1-17-13(15-9-16-17)8-14-12-6-10-4-2-3-5-11(10)7-12/h2-5,9,12,14H,6-8H2,1H3. The van der Waals surface area contributed by atoms with Crippen molar-refractivity contribution in [3.63, 3.8) is 0 Å². The molecule has 1 aromatic carbocycles. The molecule has 0 atom stereocenters. The molecule has 2 aromatic rings. The number of hydrogen-bond acceptors (Lipinski definition) is 3. The molecule has 0 aliphatic heterocycles. The molecule has 0 radical (unpaired) electrons. The highest BCUT2D eigenvalue weighted by atomic mass is 15.3. The van der Waals surface area contributed by atoms with Crippen LogP contribution < -0.4 is 5.32 Å². The number of nitrogens with one attached hydrogen (secondary N) is 1. The van der Waals surface area contributed by atoms with E-state index in [1.807, 2.05) is 11.7 Å². The molecular formula is C13H16N4. The Balaban J connectivity index is 1.61. The van der Waals surface area contributed by atoms with Gasteiger partial charge in [-0.3, -0.25) is 4.68 Å². The Kier molecular flexibility index (Phi) is 2.65. The normalized spacial score (nSPS) is 15.1. The molecule has 88 valence electrons. The summed E-state index contributed by atoms with van der Waals surface area (Å²) in [5, 5.41) is 7.62. The average Bonchev–Trinajstić information content (AvgIpc) is 2.92. The Hall–Kier alpha value is -1.68. The van der Waals surface area contributed by atoms with E-state index >= 15 is 0 Å². The monoisotopic (exact) mass is 228 g/mol. The zero-order valence-electron chi connectivity index (χ0n) is 9.93. The topological polar surface area (TPSA) is 42.7 Å². The largest absolute Gasteiger partial charge is 0.306 e. The van der Waals surface area contributed by atoms with Crippen LogP contribution in [0.2, 0.25) is 0 Å². The van der Waals surface area contributed by atoms with Gasteiger partial charge in [0.15, 0.2) is 0 Å². The second-order valence-electron chi connectivity index (χ2n) is 4.55. The lowest BCUT2D eigenvalue weighted by molar-refractivity contribution is 0.509. The molecule has 17 heavy (non-hydrogen) atoms. The Morgan fingerprint density at radius 3 is 2.59 bits per heavy atom. The second kappa shape index (κ2) is 4.30. The highest BCUT2D eigenvalue weighted by Gasteiger charge is 2.20. The van der Waals surface area contributed by atoms with E-state index in [0.29, 0.717) is 6.04 Å². The molecule has 0 saturated heterocycles. The third kappa shape index (κ3) is 2.08. The highest BCUT2D eigenvalue weighted by Crippen LogP contribution is 2.21. The number of aryl methyl sites for hydroxylation is 1. The van der Waals surface area contributed by atoms with Gasteiger partial charge in [0.05, 0.1) is 6.54 Å². The van der Waals surface area contributed by atoms with Crippen molar-refractivity contribution in [3.05, 3.63) is 47.5 Å². The first-order valence-corrected chi connectivity index (χ1v) is 5.96. The molecule has 1 aliphatic carbocycles. The fourth-order valence-corrected chi connectivity index (χ4v) is 2.42. The molecule has 0 bridgehead atoms. The van der Waals surface area contributed by atoms with E-state index in [1.165, 1.54) is 11.1 Å². The van der Waals surface area contributed by atoms with Crippen LogP contribution in [-0.2, 0) is 26.4 Å². The van der Waals surface area contributed by atoms with Crippen molar-refractivity contribution in [1.29, 1.82) is 0 Å². The minimum atomic E-state index is 0.532. The number of fused-ring (bicyclic) bond motifs is 1. The van der Waals surface area contributed by atoms with Crippen LogP contribution in [0.4, 0.5) is 0 Å². The SMILES string of the molecule is Cn1ncnc1CNC1Cc2ccccc2C1. The van der Waals surface area contributed by atoms with E-state index in [0.717, 1.165) is 25.2 Å². The van der Waals surface area contributed by atoms with Crippen LogP contribution in [0.3, 0.4) is 0 Å². The van der Waals surface area contributed by atoms with Gasteiger partial charge in [-0.1, -0.05) is 24.3 Å². The number of nitrogens with zero attached hydrogens (tertiary/aromatic N) is 3. The van der Waals surface area contributed by atoms with Crippen LogP contribution in [0, 0.1) is 0 Å². The van der Waals surface area contributed by atoms with E-state index in [1.54, 1.807) is 6.33 Å². The molecular weight excluding hydrogens is 212 g/mol.